The third-order valence-corrected chi connectivity index (χ3v) is 4.14. The molecule has 0 aliphatic carbocycles. The molecule has 0 radical (unpaired) electrons. The summed E-state index contributed by atoms with van der Waals surface area (Å²) in [7, 11) is 0. The Balaban J connectivity index is 1.82. The Morgan fingerprint density at radius 2 is 1.74 bits per heavy atom. The fourth-order valence-corrected chi connectivity index (χ4v) is 2.59. The van der Waals surface area contributed by atoms with E-state index in [1.807, 2.05) is 0 Å². The summed E-state index contributed by atoms with van der Waals surface area (Å²) >= 11 is 11.8. The van der Waals surface area contributed by atoms with Crippen molar-refractivity contribution in [2.45, 2.75) is 25.9 Å². The molecule has 8 heteroatoms. The zero-order valence-corrected chi connectivity index (χ0v) is 15.8. The molecular weight excluding hydrogens is 396 g/mol. The minimum absolute atomic E-state index is 0.109. The molecule has 0 fully saturated rings. The Morgan fingerprint density at radius 1 is 1.07 bits per heavy atom. The van der Waals surface area contributed by atoms with Gasteiger partial charge in [-0.2, -0.15) is 0 Å². The summed E-state index contributed by atoms with van der Waals surface area (Å²) in [5.41, 5.74) is 0.632. The third kappa shape index (κ3) is 6.34. The zero-order chi connectivity index (χ0) is 20.0. The van der Waals surface area contributed by atoms with Crippen LogP contribution in [0.3, 0.4) is 0 Å². The Labute approximate surface area is 165 Å². The lowest BCUT2D eigenvalue weighted by Crippen LogP contribution is -2.30. The lowest BCUT2D eigenvalue weighted by molar-refractivity contribution is -0.153. The van der Waals surface area contributed by atoms with Crippen LogP contribution < -0.4 is 5.32 Å². The van der Waals surface area contributed by atoms with E-state index in [-0.39, 0.29) is 23.6 Å². The van der Waals surface area contributed by atoms with E-state index in [0.717, 1.165) is 0 Å². The monoisotopic (exact) mass is 411 g/mol. The topological polar surface area (TPSA) is 72.5 Å². The van der Waals surface area contributed by atoms with Crippen molar-refractivity contribution in [3.05, 3.63) is 63.9 Å². The van der Waals surface area contributed by atoms with Gasteiger partial charge in [0.2, 0.25) is 0 Å². The predicted molar refractivity (Wildman–Crippen MR) is 101 cm³/mol. The molecule has 5 nitrogen and oxygen atoms in total. The molecular formula is C19H16Cl2FNO4. The Morgan fingerprint density at radius 3 is 2.37 bits per heavy atom. The number of anilines is 1. The second kappa shape index (κ2) is 9.48. The van der Waals surface area contributed by atoms with Crippen molar-refractivity contribution in [1.82, 2.24) is 0 Å². The average Bonchev–Trinajstić information content (AvgIpc) is 2.62. The molecule has 2 aromatic carbocycles. The highest BCUT2D eigenvalue weighted by Gasteiger charge is 2.19. The maximum atomic E-state index is 12.8. The number of ether oxygens (including phenoxy) is 1. The molecule has 2 aromatic rings. The van der Waals surface area contributed by atoms with Crippen LogP contribution in [0.15, 0.2) is 42.5 Å². The smallest absolute Gasteiger partial charge is 0.307 e. The van der Waals surface area contributed by atoms with Crippen molar-refractivity contribution in [1.29, 1.82) is 0 Å². The summed E-state index contributed by atoms with van der Waals surface area (Å²) < 4.78 is 17.9. The summed E-state index contributed by atoms with van der Waals surface area (Å²) in [6, 6.07) is 9.57. The molecule has 0 bridgehead atoms. The van der Waals surface area contributed by atoms with Gasteiger partial charge in [-0.1, -0.05) is 23.2 Å². The third-order valence-electron chi connectivity index (χ3n) is 3.59. The molecule has 142 valence electrons. The number of ketones is 1. The van der Waals surface area contributed by atoms with Crippen LogP contribution >= 0.6 is 23.2 Å². The number of nitrogens with one attached hydrogen (secondary N) is 1. The molecule has 2 rings (SSSR count). The number of hydrogen-bond donors (Lipinski definition) is 1. The molecule has 27 heavy (non-hydrogen) atoms. The lowest BCUT2D eigenvalue weighted by Gasteiger charge is -2.14. The number of carbonyl (C=O) groups excluding carboxylic acids is 3. The van der Waals surface area contributed by atoms with E-state index in [4.69, 9.17) is 27.9 Å². The number of benzene rings is 2. The van der Waals surface area contributed by atoms with Crippen LogP contribution in [-0.4, -0.2) is 23.8 Å². The van der Waals surface area contributed by atoms with E-state index in [0.29, 0.717) is 16.3 Å². The minimum atomic E-state index is -1.08. The van der Waals surface area contributed by atoms with Crippen LogP contribution in [0.1, 0.15) is 30.1 Å². The standard InChI is InChI=1S/C19H16Cl2FNO4/c1-11(19(26)23-16-7-4-13(20)10-15(16)21)27-18(25)9-8-17(24)12-2-5-14(22)6-3-12/h2-7,10-11H,8-9H2,1H3,(H,23,26). The number of halogens is 3. The first kappa shape index (κ1) is 20.9. The molecule has 0 aliphatic heterocycles. The molecule has 0 aliphatic rings. The Bertz CT molecular complexity index is 855. The van der Waals surface area contributed by atoms with Crippen LogP contribution in [0.5, 0.6) is 0 Å². The van der Waals surface area contributed by atoms with Crippen LogP contribution in [-0.2, 0) is 14.3 Å². The Kier molecular flexibility index (Phi) is 7.33. The van der Waals surface area contributed by atoms with Crippen LogP contribution in [0.2, 0.25) is 10.0 Å². The number of carbonyl (C=O) groups is 3. The first-order chi connectivity index (χ1) is 12.8. The molecule has 0 spiro atoms. The second-order valence-electron chi connectivity index (χ2n) is 5.68. The maximum absolute atomic E-state index is 12.8. The molecule has 1 N–H and O–H groups in total. The van der Waals surface area contributed by atoms with Gasteiger partial charge in [0.1, 0.15) is 5.82 Å². The first-order valence-corrected chi connectivity index (χ1v) is 8.76. The van der Waals surface area contributed by atoms with Gasteiger partial charge in [0, 0.05) is 17.0 Å². The summed E-state index contributed by atoms with van der Waals surface area (Å²) in [5.74, 6) is -2.05. The van der Waals surface area contributed by atoms with Gasteiger partial charge in [-0.25, -0.2) is 4.39 Å². The van der Waals surface area contributed by atoms with E-state index >= 15 is 0 Å². The van der Waals surface area contributed by atoms with E-state index < -0.39 is 23.8 Å². The molecule has 0 heterocycles. The zero-order valence-electron chi connectivity index (χ0n) is 14.3. The first-order valence-electron chi connectivity index (χ1n) is 8.00. The van der Waals surface area contributed by atoms with Gasteiger partial charge in [0.25, 0.3) is 5.91 Å². The predicted octanol–water partition coefficient (Wildman–Crippen LogP) is 4.67. The fourth-order valence-electron chi connectivity index (χ4n) is 2.13. The van der Waals surface area contributed by atoms with Crippen LogP contribution in [0.25, 0.3) is 0 Å². The number of rotatable bonds is 7. The van der Waals surface area contributed by atoms with Crippen molar-refractivity contribution < 1.29 is 23.5 Å². The molecule has 1 unspecified atom stereocenters. The summed E-state index contributed by atoms with van der Waals surface area (Å²) in [6.45, 7) is 1.40. The summed E-state index contributed by atoms with van der Waals surface area (Å²) in [6.07, 6.45) is -1.39. The largest absolute Gasteiger partial charge is 0.453 e. The molecule has 1 amide bonds. The normalized spacial score (nSPS) is 11.6. The van der Waals surface area contributed by atoms with Gasteiger partial charge in [-0.3, -0.25) is 14.4 Å². The van der Waals surface area contributed by atoms with Gasteiger partial charge in [0.15, 0.2) is 11.9 Å². The van der Waals surface area contributed by atoms with E-state index in [2.05, 4.69) is 5.32 Å². The molecule has 0 aromatic heterocycles. The van der Waals surface area contributed by atoms with Crippen molar-refractivity contribution >= 4 is 46.5 Å². The maximum Gasteiger partial charge on any atom is 0.307 e. The summed E-state index contributed by atoms with van der Waals surface area (Å²) in [5, 5.41) is 3.20. The van der Waals surface area contributed by atoms with Crippen molar-refractivity contribution in [2.24, 2.45) is 0 Å². The van der Waals surface area contributed by atoms with E-state index in [1.165, 1.54) is 43.3 Å². The highest BCUT2D eigenvalue weighted by Crippen LogP contribution is 2.25. The van der Waals surface area contributed by atoms with Crippen molar-refractivity contribution in [2.75, 3.05) is 5.32 Å². The fraction of sp³-hybridized carbons (Fsp3) is 0.211. The average molecular weight is 412 g/mol. The SMILES string of the molecule is CC(OC(=O)CCC(=O)c1ccc(F)cc1)C(=O)Nc1ccc(Cl)cc1Cl. The van der Waals surface area contributed by atoms with Crippen molar-refractivity contribution in [3.63, 3.8) is 0 Å². The van der Waals surface area contributed by atoms with Gasteiger partial charge < -0.3 is 10.1 Å². The molecule has 0 saturated carbocycles. The van der Waals surface area contributed by atoms with Gasteiger partial charge in [0.05, 0.1) is 17.1 Å². The molecule has 1 atom stereocenters. The number of amides is 1. The number of hydrogen-bond acceptors (Lipinski definition) is 4. The summed E-state index contributed by atoms with van der Waals surface area (Å²) in [4.78, 5) is 35.9. The quantitative estimate of drug-likeness (QED) is 0.530. The molecule has 0 saturated heterocycles. The van der Waals surface area contributed by atoms with E-state index in [1.54, 1.807) is 6.07 Å². The number of esters is 1. The Hall–Kier alpha value is -2.44. The van der Waals surface area contributed by atoms with Crippen LogP contribution in [0, 0.1) is 5.82 Å². The van der Waals surface area contributed by atoms with Gasteiger partial charge in [-0.15, -0.1) is 0 Å². The highest BCUT2D eigenvalue weighted by molar-refractivity contribution is 6.36. The number of Topliss-reactive ketones (excluding diaryl/α,β-unsaturated/α-hetero) is 1. The second-order valence-corrected chi connectivity index (χ2v) is 6.52. The van der Waals surface area contributed by atoms with Gasteiger partial charge in [-0.05, 0) is 49.4 Å². The van der Waals surface area contributed by atoms with Crippen LogP contribution in [0.4, 0.5) is 10.1 Å². The lowest BCUT2D eigenvalue weighted by atomic mass is 10.1. The minimum Gasteiger partial charge on any atom is -0.453 e. The van der Waals surface area contributed by atoms with Crippen molar-refractivity contribution in [3.8, 4) is 0 Å². The highest BCUT2D eigenvalue weighted by atomic mass is 35.5. The van der Waals surface area contributed by atoms with E-state index in [9.17, 15) is 18.8 Å². The van der Waals surface area contributed by atoms with Gasteiger partial charge >= 0.3 is 5.97 Å².